The van der Waals surface area contributed by atoms with Crippen LogP contribution < -0.4 is 18.5 Å². The number of pyridine rings is 1. The molecule has 2 aromatic carbocycles. The van der Waals surface area contributed by atoms with E-state index in [1.54, 1.807) is 12.1 Å². The van der Waals surface area contributed by atoms with Gasteiger partial charge < -0.3 is 14.2 Å². The first-order valence-electron chi connectivity index (χ1n) is 8.58. The van der Waals surface area contributed by atoms with Crippen LogP contribution in [0.5, 0.6) is 17.5 Å². The van der Waals surface area contributed by atoms with Gasteiger partial charge in [0.25, 0.3) is 5.91 Å². The number of hydrogen-bond donors (Lipinski definition) is 0. The zero-order valence-electron chi connectivity index (χ0n) is 16.2. The predicted octanol–water partition coefficient (Wildman–Crippen LogP) is 2.62. The standard InChI is InChI=1S/C20H20N2O6S/c1-26-18-12-11-16(20(21-18)27-2)22(29(3,24)25)19(23)13-28-17-10-6-8-14-7-4-5-9-15(14)17/h4-12H,13H2,1-3H3. The van der Waals surface area contributed by atoms with Crippen LogP contribution in [-0.2, 0) is 14.8 Å². The fourth-order valence-corrected chi connectivity index (χ4v) is 3.77. The zero-order valence-corrected chi connectivity index (χ0v) is 17.0. The van der Waals surface area contributed by atoms with Gasteiger partial charge in [-0.3, -0.25) is 4.79 Å². The maximum atomic E-state index is 12.8. The van der Waals surface area contributed by atoms with Crippen LogP contribution in [0.25, 0.3) is 10.8 Å². The van der Waals surface area contributed by atoms with E-state index < -0.39 is 22.5 Å². The highest BCUT2D eigenvalue weighted by Gasteiger charge is 2.29. The fraction of sp³-hybridized carbons (Fsp3) is 0.200. The zero-order chi connectivity index (χ0) is 21.0. The Morgan fingerprint density at radius 3 is 2.41 bits per heavy atom. The molecule has 0 atom stereocenters. The van der Waals surface area contributed by atoms with Gasteiger partial charge in [0.1, 0.15) is 11.4 Å². The van der Waals surface area contributed by atoms with Gasteiger partial charge in [-0.2, -0.15) is 9.29 Å². The van der Waals surface area contributed by atoms with Crippen molar-refractivity contribution in [2.45, 2.75) is 0 Å². The summed E-state index contributed by atoms with van der Waals surface area (Å²) in [5.74, 6) is -0.151. The summed E-state index contributed by atoms with van der Waals surface area (Å²) in [5, 5.41) is 1.76. The second-order valence-electron chi connectivity index (χ2n) is 6.07. The monoisotopic (exact) mass is 416 g/mol. The van der Waals surface area contributed by atoms with Gasteiger partial charge in [-0.25, -0.2) is 8.42 Å². The molecule has 0 N–H and O–H groups in total. The van der Waals surface area contributed by atoms with Gasteiger partial charge in [0, 0.05) is 11.5 Å². The van der Waals surface area contributed by atoms with Gasteiger partial charge in [-0.1, -0.05) is 36.4 Å². The van der Waals surface area contributed by atoms with E-state index in [1.165, 1.54) is 26.4 Å². The van der Waals surface area contributed by atoms with Gasteiger partial charge >= 0.3 is 0 Å². The molecule has 3 aromatic rings. The molecule has 1 aromatic heterocycles. The number of sulfonamides is 1. The number of nitrogens with zero attached hydrogens (tertiary/aromatic N) is 2. The topological polar surface area (TPSA) is 95.0 Å². The van der Waals surface area contributed by atoms with Crippen molar-refractivity contribution in [3.05, 3.63) is 54.6 Å². The molecule has 0 bridgehead atoms. The fourth-order valence-electron chi connectivity index (χ4n) is 2.85. The largest absolute Gasteiger partial charge is 0.483 e. The van der Waals surface area contributed by atoms with E-state index >= 15 is 0 Å². The lowest BCUT2D eigenvalue weighted by atomic mass is 10.1. The number of anilines is 1. The predicted molar refractivity (Wildman–Crippen MR) is 109 cm³/mol. The van der Waals surface area contributed by atoms with Crippen LogP contribution in [-0.4, -0.2) is 46.4 Å². The highest BCUT2D eigenvalue weighted by atomic mass is 32.2. The van der Waals surface area contributed by atoms with E-state index in [1.807, 2.05) is 30.3 Å². The molecule has 152 valence electrons. The molecule has 1 amide bonds. The molecule has 9 heteroatoms. The van der Waals surface area contributed by atoms with Crippen molar-refractivity contribution in [2.75, 3.05) is 31.4 Å². The molecule has 0 saturated heterocycles. The second kappa shape index (κ2) is 8.36. The number of carbonyl (C=O) groups excluding carboxylic acids is 1. The molecule has 0 unspecified atom stereocenters. The SMILES string of the molecule is COc1ccc(N(C(=O)COc2cccc3ccccc23)S(C)(=O)=O)c(OC)n1. The van der Waals surface area contributed by atoms with Gasteiger partial charge in [-0.15, -0.1) is 0 Å². The molecule has 29 heavy (non-hydrogen) atoms. The lowest BCUT2D eigenvalue weighted by molar-refractivity contribution is -0.119. The summed E-state index contributed by atoms with van der Waals surface area (Å²) in [5.41, 5.74) is -0.0256. The van der Waals surface area contributed by atoms with Crippen LogP contribution in [0.1, 0.15) is 0 Å². The molecule has 0 aliphatic rings. The first-order valence-corrected chi connectivity index (χ1v) is 10.4. The first kappa shape index (κ1) is 20.4. The lowest BCUT2D eigenvalue weighted by Gasteiger charge is -2.22. The maximum absolute atomic E-state index is 12.8. The molecular weight excluding hydrogens is 396 g/mol. The van der Waals surface area contributed by atoms with Crippen molar-refractivity contribution < 1.29 is 27.4 Å². The van der Waals surface area contributed by atoms with E-state index in [4.69, 9.17) is 14.2 Å². The van der Waals surface area contributed by atoms with Crippen LogP contribution in [0.2, 0.25) is 0 Å². The average Bonchev–Trinajstić information content (AvgIpc) is 2.71. The van der Waals surface area contributed by atoms with Crippen molar-refractivity contribution in [3.63, 3.8) is 0 Å². The summed E-state index contributed by atoms with van der Waals surface area (Å²) in [4.78, 5) is 16.9. The van der Waals surface area contributed by atoms with Crippen LogP contribution in [0, 0.1) is 0 Å². The summed E-state index contributed by atoms with van der Waals surface area (Å²) < 4.78 is 41.1. The second-order valence-corrected chi connectivity index (χ2v) is 7.90. The minimum absolute atomic E-state index is 0.0256. The summed E-state index contributed by atoms with van der Waals surface area (Å²) in [7, 11) is -1.24. The van der Waals surface area contributed by atoms with Crippen molar-refractivity contribution in [1.82, 2.24) is 4.98 Å². The van der Waals surface area contributed by atoms with Crippen molar-refractivity contribution >= 4 is 32.4 Å². The van der Waals surface area contributed by atoms with Crippen molar-refractivity contribution in [2.24, 2.45) is 0 Å². The Balaban J connectivity index is 1.91. The van der Waals surface area contributed by atoms with Crippen LogP contribution in [0.3, 0.4) is 0 Å². The van der Waals surface area contributed by atoms with Gasteiger partial charge in [0.15, 0.2) is 6.61 Å². The normalized spacial score (nSPS) is 11.1. The van der Waals surface area contributed by atoms with Crippen LogP contribution >= 0.6 is 0 Å². The number of ether oxygens (including phenoxy) is 3. The lowest BCUT2D eigenvalue weighted by Crippen LogP contribution is -2.39. The first-order chi connectivity index (χ1) is 13.8. The van der Waals surface area contributed by atoms with Gasteiger partial charge in [0.2, 0.25) is 21.8 Å². The molecule has 0 spiro atoms. The Hall–Kier alpha value is -3.33. The molecular formula is C20H20N2O6S. The van der Waals surface area contributed by atoms with Gasteiger partial charge in [0.05, 0.1) is 20.5 Å². The van der Waals surface area contributed by atoms with E-state index in [2.05, 4.69) is 4.98 Å². The molecule has 0 fully saturated rings. The average molecular weight is 416 g/mol. The van der Waals surface area contributed by atoms with Crippen LogP contribution in [0.15, 0.2) is 54.6 Å². The number of benzene rings is 2. The Morgan fingerprint density at radius 2 is 1.72 bits per heavy atom. The quantitative estimate of drug-likeness (QED) is 0.584. The van der Waals surface area contributed by atoms with Gasteiger partial charge in [-0.05, 0) is 17.5 Å². The number of carbonyl (C=O) groups is 1. The number of fused-ring (bicyclic) bond motifs is 1. The third kappa shape index (κ3) is 4.40. The number of aromatic nitrogens is 1. The molecule has 0 radical (unpaired) electrons. The minimum Gasteiger partial charge on any atom is -0.483 e. The molecule has 8 nitrogen and oxygen atoms in total. The van der Waals surface area contributed by atoms with Crippen LogP contribution in [0.4, 0.5) is 5.69 Å². The number of rotatable bonds is 7. The Labute approximate surface area is 168 Å². The maximum Gasteiger partial charge on any atom is 0.278 e. The smallest absolute Gasteiger partial charge is 0.278 e. The van der Waals surface area contributed by atoms with E-state index in [0.717, 1.165) is 17.0 Å². The third-order valence-electron chi connectivity index (χ3n) is 4.09. The highest BCUT2D eigenvalue weighted by molar-refractivity contribution is 7.92. The number of amides is 1. The number of methoxy groups -OCH3 is 2. The van der Waals surface area contributed by atoms with Crippen molar-refractivity contribution in [1.29, 1.82) is 0 Å². The molecule has 3 rings (SSSR count). The molecule has 0 saturated carbocycles. The third-order valence-corrected chi connectivity index (χ3v) is 5.16. The Kier molecular flexibility index (Phi) is 5.88. The Bertz CT molecular complexity index is 1140. The summed E-state index contributed by atoms with van der Waals surface area (Å²) in [6.07, 6.45) is 0.923. The molecule has 0 aliphatic carbocycles. The molecule has 0 aliphatic heterocycles. The minimum atomic E-state index is -3.97. The molecule has 1 heterocycles. The summed E-state index contributed by atoms with van der Waals surface area (Å²) >= 11 is 0. The highest BCUT2D eigenvalue weighted by Crippen LogP contribution is 2.31. The van der Waals surface area contributed by atoms with E-state index in [-0.39, 0.29) is 17.4 Å². The van der Waals surface area contributed by atoms with E-state index in [9.17, 15) is 13.2 Å². The summed E-state index contributed by atoms with van der Waals surface area (Å²) in [6, 6.07) is 15.8. The number of hydrogen-bond acceptors (Lipinski definition) is 7. The van der Waals surface area contributed by atoms with Crippen molar-refractivity contribution in [3.8, 4) is 17.5 Å². The Morgan fingerprint density at radius 1 is 1.00 bits per heavy atom. The summed E-state index contributed by atoms with van der Waals surface area (Å²) in [6.45, 7) is -0.490. The van der Waals surface area contributed by atoms with E-state index in [0.29, 0.717) is 10.1 Å².